The Bertz CT molecular complexity index is 1160. The number of esters is 1. The van der Waals surface area contributed by atoms with Crippen LogP contribution >= 0.6 is 11.6 Å². The molecule has 8 heteroatoms. The van der Waals surface area contributed by atoms with E-state index in [4.69, 9.17) is 16.3 Å². The van der Waals surface area contributed by atoms with Crippen molar-refractivity contribution in [3.05, 3.63) is 94.5 Å². The molecule has 0 aromatic heterocycles. The van der Waals surface area contributed by atoms with E-state index in [-0.39, 0.29) is 11.5 Å². The van der Waals surface area contributed by atoms with Crippen LogP contribution in [0, 0.1) is 0 Å². The Morgan fingerprint density at radius 1 is 1.00 bits per heavy atom. The number of carbonyl (C=O) groups excluding carboxylic acids is 1. The van der Waals surface area contributed by atoms with Gasteiger partial charge in [0.1, 0.15) is 17.7 Å². The van der Waals surface area contributed by atoms with Gasteiger partial charge in [-0.1, -0.05) is 48.0 Å². The number of anilines is 1. The molecule has 0 amide bonds. The van der Waals surface area contributed by atoms with Gasteiger partial charge in [-0.2, -0.15) is 4.72 Å². The second-order valence-electron chi connectivity index (χ2n) is 6.52. The Morgan fingerprint density at radius 3 is 2.52 bits per heavy atom. The van der Waals surface area contributed by atoms with E-state index < -0.39 is 22.2 Å². The highest BCUT2D eigenvalue weighted by molar-refractivity contribution is 7.89. The summed E-state index contributed by atoms with van der Waals surface area (Å²) in [6.07, 6.45) is -0.633. The van der Waals surface area contributed by atoms with Crippen LogP contribution in [0.25, 0.3) is 0 Å². The molecule has 148 valence electrons. The van der Waals surface area contributed by atoms with E-state index in [1.165, 1.54) is 0 Å². The number of hydrogen-bond acceptors (Lipinski definition) is 5. The number of hydrogen-bond donors (Lipinski definition) is 2. The molecule has 3 aromatic rings. The monoisotopic (exact) mass is 428 g/mol. The van der Waals surface area contributed by atoms with Gasteiger partial charge < -0.3 is 10.1 Å². The molecule has 0 aliphatic carbocycles. The Kier molecular flexibility index (Phi) is 5.27. The van der Waals surface area contributed by atoms with Crippen molar-refractivity contribution in [1.29, 1.82) is 0 Å². The summed E-state index contributed by atoms with van der Waals surface area (Å²) in [6.45, 7) is 0.113. The molecular weight excluding hydrogens is 412 g/mol. The predicted molar refractivity (Wildman–Crippen MR) is 110 cm³/mol. The number of fused-ring (bicyclic) bond motifs is 1. The van der Waals surface area contributed by atoms with Crippen LogP contribution < -0.4 is 10.0 Å². The second-order valence-corrected chi connectivity index (χ2v) is 8.64. The minimum atomic E-state index is -3.62. The molecule has 0 saturated heterocycles. The molecule has 6 nitrogen and oxygen atoms in total. The van der Waals surface area contributed by atoms with E-state index in [2.05, 4.69) is 10.0 Å². The van der Waals surface area contributed by atoms with Gasteiger partial charge in [-0.15, -0.1) is 0 Å². The molecule has 29 heavy (non-hydrogen) atoms. The van der Waals surface area contributed by atoms with Crippen molar-refractivity contribution in [2.75, 3.05) is 5.32 Å². The lowest BCUT2D eigenvalue weighted by molar-refractivity contribution is 0.0472. The highest BCUT2D eigenvalue weighted by atomic mass is 35.5. The Hall–Kier alpha value is -2.87. The van der Waals surface area contributed by atoms with Crippen molar-refractivity contribution >= 4 is 33.3 Å². The summed E-state index contributed by atoms with van der Waals surface area (Å²) in [7, 11) is -3.62. The first-order valence-corrected chi connectivity index (χ1v) is 10.7. The molecule has 0 bridgehead atoms. The molecule has 1 aliphatic rings. The van der Waals surface area contributed by atoms with E-state index in [9.17, 15) is 13.2 Å². The van der Waals surface area contributed by atoms with Crippen LogP contribution in [-0.2, 0) is 21.4 Å². The lowest BCUT2D eigenvalue weighted by Crippen LogP contribution is -2.38. The number of benzene rings is 3. The minimum Gasteiger partial charge on any atom is -0.457 e. The van der Waals surface area contributed by atoms with Crippen molar-refractivity contribution in [2.45, 2.75) is 17.7 Å². The third-order valence-corrected chi connectivity index (χ3v) is 6.20. The topological polar surface area (TPSA) is 84.5 Å². The normalized spacial score (nSPS) is 17.1. The molecule has 1 aliphatic heterocycles. The molecule has 0 saturated carbocycles. The van der Waals surface area contributed by atoms with Gasteiger partial charge in [0.25, 0.3) is 0 Å². The maximum atomic E-state index is 12.4. The Balaban J connectivity index is 1.46. The largest absolute Gasteiger partial charge is 0.457 e. The van der Waals surface area contributed by atoms with Crippen LogP contribution in [0.3, 0.4) is 0 Å². The zero-order valence-corrected chi connectivity index (χ0v) is 16.7. The van der Waals surface area contributed by atoms with Crippen LogP contribution in [0.15, 0.2) is 77.7 Å². The number of halogens is 1. The van der Waals surface area contributed by atoms with Gasteiger partial charge in [0.05, 0.1) is 11.3 Å². The lowest BCUT2D eigenvalue weighted by atomic mass is 10.1. The van der Waals surface area contributed by atoms with E-state index >= 15 is 0 Å². The summed E-state index contributed by atoms with van der Waals surface area (Å²) < 4.78 is 32.8. The molecule has 1 heterocycles. The standard InChI is InChI=1S/C21H17ClN2O4S/c22-17-5-3-4-14(12-17)13-28-21(25)16-10-8-15(9-11-16)20-23-18-6-1-2-7-19(18)29(26,27)24-20/h1-12,20,23-24H,13H2. The summed E-state index contributed by atoms with van der Waals surface area (Å²) in [5.74, 6) is -0.473. The van der Waals surface area contributed by atoms with Gasteiger partial charge >= 0.3 is 5.97 Å². The molecule has 0 fully saturated rings. The van der Waals surface area contributed by atoms with E-state index in [0.29, 0.717) is 21.8 Å². The summed E-state index contributed by atoms with van der Waals surface area (Å²) in [5.41, 5.74) is 2.37. The first-order chi connectivity index (χ1) is 13.9. The smallest absolute Gasteiger partial charge is 0.338 e. The van der Waals surface area contributed by atoms with Crippen molar-refractivity contribution in [3.63, 3.8) is 0 Å². The molecule has 3 aromatic carbocycles. The zero-order valence-electron chi connectivity index (χ0n) is 15.1. The fourth-order valence-electron chi connectivity index (χ4n) is 3.05. The van der Waals surface area contributed by atoms with Crippen molar-refractivity contribution in [1.82, 2.24) is 4.72 Å². The molecule has 1 unspecified atom stereocenters. The highest BCUT2D eigenvalue weighted by Crippen LogP contribution is 2.30. The molecule has 0 radical (unpaired) electrons. The highest BCUT2D eigenvalue weighted by Gasteiger charge is 2.29. The van der Waals surface area contributed by atoms with Crippen LogP contribution in [0.5, 0.6) is 0 Å². The average molecular weight is 429 g/mol. The Morgan fingerprint density at radius 2 is 1.76 bits per heavy atom. The van der Waals surface area contributed by atoms with E-state index in [1.807, 2.05) is 6.07 Å². The molecule has 0 spiro atoms. The van der Waals surface area contributed by atoms with E-state index in [0.717, 1.165) is 5.56 Å². The number of carbonyl (C=O) groups is 1. The van der Waals surface area contributed by atoms with Crippen LogP contribution in [0.1, 0.15) is 27.7 Å². The molecule has 2 N–H and O–H groups in total. The Labute approximate surface area is 173 Å². The summed E-state index contributed by atoms with van der Waals surface area (Å²) in [4.78, 5) is 12.5. The SMILES string of the molecule is O=C(OCc1cccc(Cl)c1)c1ccc(C2Nc3ccccc3S(=O)(=O)N2)cc1. The summed E-state index contributed by atoms with van der Waals surface area (Å²) in [5, 5.41) is 3.73. The molecular formula is C21H17ClN2O4S. The second kappa shape index (κ2) is 7.87. The average Bonchev–Trinajstić information content (AvgIpc) is 2.72. The van der Waals surface area contributed by atoms with Gasteiger partial charge in [0.15, 0.2) is 0 Å². The van der Waals surface area contributed by atoms with Gasteiger partial charge in [0, 0.05) is 5.02 Å². The van der Waals surface area contributed by atoms with Gasteiger partial charge in [-0.25, -0.2) is 13.2 Å². The predicted octanol–water partition coefficient (Wildman–Crippen LogP) is 4.10. The van der Waals surface area contributed by atoms with Crippen molar-refractivity contribution in [3.8, 4) is 0 Å². The maximum Gasteiger partial charge on any atom is 0.338 e. The zero-order chi connectivity index (χ0) is 20.4. The number of nitrogens with one attached hydrogen (secondary N) is 2. The van der Waals surface area contributed by atoms with E-state index in [1.54, 1.807) is 66.7 Å². The van der Waals surface area contributed by atoms with Crippen LogP contribution in [0.2, 0.25) is 5.02 Å². The van der Waals surface area contributed by atoms with Crippen LogP contribution in [0.4, 0.5) is 5.69 Å². The van der Waals surface area contributed by atoms with Gasteiger partial charge in [-0.3, -0.25) is 0 Å². The number of para-hydroxylation sites is 1. The van der Waals surface area contributed by atoms with Crippen molar-refractivity contribution < 1.29 is 17.9 Å². The number of sulfonamides is 1. The quantitative estimate of drug-likeness (QED) is 0.611. The summed E-state index contributed by atoms with van der Waals surface area (Å²) >= 11 is 5.92. The first kappa shape index (κ1) is 19.4. The third-order valence-electron chi connectivity index (χ3n) is 4.49. The van der Waals surface area contributed by atoms with Gasteiger partial charge in [-0.05, 0) is 47.5 Å². The fourth-order valence-corrected chi connectivity index (χ4v) is 4.57. The number of rotatable bonds is 4. The maximum absolute atomic E-state index is 12.4. The minimum absolute atomic E-state index is 0.113. The molecule has 1 atom stereocenters. The lowest BCUT2D eigenvalue weighted by Gasteiger charge is -2.28. The molecule has 4 rings (SSSR count). The fraction of sp³-hybridized carbons (Fsp3) is 0.0952. The van der Waals surface area contributed by atoms with Gasteiger partial charge in [0.2, 0.25) is 10.0 Å². The first-order valence-electron chi connectivity index (χ1n) is 8.82. The number of ether oxygens (including phenoxy) is 1. The van der Waals surface area contributed by atoms with Crippen LogP contribution in [-0.4, -0.2) is 14.4 Å². The van der Waals surface area contributed by atoms with Crippen molar-refractivity contribution in [2.24, 2.45) is 0 Å². The summed E-state index contributed by atoms with van der Waals surface area (Å²) in [6, 6.07) is 20.4. The third kappa shape index (κ3) is 4.27.